The Morgan fingerprint density at radius 2 is 2.17 bits per heavy atom. The first-order chi connectivity index (χ1) is 11.2. The molecule has 2 atom stereocenters. The van der Waals surface area contributed by atoms with E-state index < -0.39 is 24.5 Å². The van der Waals surface area contributed by atoms with Crippen LogP contribution in [0.15, 0.2) is 4.42 Å². The summed E-state index contributed by atoms with van der Waals surface area (Å²) in [5, 5.41) is 7.78. The molecule has 0 unspecified atom stereocenters. The lowest BCUT2D eigenvalue weighted by atomic mass is 9.95. The highest BCUT2D eigenvalue weighted by Gasteiger charge is 2.37. The van der Waals surface area contributed by atoms with Crippen LogP contribution in [0, 0.1) is 12.8 Å². The Kier molecular flexibility index (Phi) is 5.84. The highest BCUT2D eigenvalue weighted by molar-refractivity contribution is 5.79. The number of rotatable bonds is 5. The summed E-state index contributed by atoms with van der Waals surface area (Å²) < 4.78 is 43.3. The lowest BCUT2D eigenvalue weighted by Crippen LogP contribution is -2.47. The maximum absolute atomic E-state index is 12.6. The van der Waals surface area contributed by atoms with Gasteiger partial charge in [0.25, 0.3) is 0 Å². The van der Waals surface area contributed by atoms with E-state index in [0.29, 0.717) is 24.7 Å². The van der Waals surface area contributed by atoms with Crippen molar-refractivity contribution in [2.45, 2.75) is 45.8 Å². The van der Waals surface area contributed by atoms with Crippen LogP contribution in [0.25, 0.3) is 0 Å². The highest BCUT2D eigenvalue weighted by atomic mass is 19.4. The van der Waals surface area contributed by atoms with E-state index in [1.165, 1.54) is 0 Å². The van der Waals surface area contributed by atoms with Gasteiger partial charge >= 0.3 is 6.18 Å². The third-order valence-corrected chi connectivity index (χ3v) is 4.31. The minimum absolute atomic E-state index is 0.0489. The largest absolute Gasteiger partial charge is 0.424 e. The lowest BCUT2D eigenvalue weighted by Gasteiger charge is -2.36. The van der Waals surface area contributed by atoms with Crippen molar-refractivity contribution in [2.24, 2.45) is 5.92 Å². The van der Waals surface area contributed by atoms with Crippen LogP contribution in [0.1, 0.15) is 44.5 Å². The molecular weight excluding hydrogens is 325 g/mol. The molecule has 1 aliphatic heterocycles. The third kappa shape index (κ3) is 4.68. The van der Waals surface area contributed by atoms with E-state index in [4.69, 9.17) is 4.42 Å². The first kappa shape index (κ1) is 18.7. The number of nitrogens with zero attached hydrogens (tertiary/aromatic N) is 4. The number of amides is 1. The van der Waals surface area contributed by atoms with E-state index in [9.17, 15) is 18.0 Å². The number of alkyl halides is 3. The Morgan fingerprint density at radius 1 is 1.46 bits per heavy atom. The van der Waals surface area contributed by atoms with Crippen LogP contribution in [-0.4, -0.2) is 58.3 Å². The number of aryl methyl sites for hydroxylation is 1. The zero-order chi connectivity index (χ0) is 17.9. The van der Waals surface area contributed by atoms with Gasteiger partial charge in [-0.3, -0.25) is 9.69 Å². The normalized spacial score (nSPS) is 20.8. The van der Waals surface area contributed by atoms with Gasteiger partial charge in [0.15, 0.2) is 0 Å². The number of aromatic nitrogens is 2. The number of likely N-dealkylation sites (tertiary alicyclic amines) is 1. The van der Waals surface area contributed by atoms with Crippen LogP contribution >= 0.6 is 0 Å². The zero-order valence-electron chi connectivity index (χ0n) is 14.1. The molecule has 1 aromatic rings. The van der Waals surface area contributed by atoms with Crippen LogP contribution in [0.5, 0.6) is 0 Å². The monoisotopic (exact) mass is 348 g/mol. The minimum Gasteiger partial charge on any atom is -0.424 e. The van der Waals surface area contributed by atoms with Crippen molar-refractivity contribution in [2.75, 3.05) is 26.2 Å². The predicted molar refractivity (Wildman–Crippen MR) is 80.1 cm³/mol. The second-order valence-corrected chi connectivity index (χ2v) is 6.14. The Balaban J connectivity index is 2.02. The molecule has 2 heterocycles. The van der Waals surface area contributed by atoms with Crippen molar-refractivity contribution >= 4 is 5.91 Å². The van der Waals surface area contributed by atoms with Crippen molar-refractivity contribution in [1.82, 2.24) is 20.0 Å². The molecule has 1 fully saturated rings. The Bertz CT molecular complexity index is 561. The van der Waals surface area contributed by atoms with E-state index in [1.54, 1.807) is 13.8 Å². The molecule has 6 nitrogen and oxygen atoms in total. The summed E-state index contributed by atoms with van der Waals surface area (Å²) in [5.74, 6) is 0.0491. The first-order valence-electron chi connectivity index (χ1n) is 8.11. The van der Waals surface area contributed by atoms with Gasteiger partial charge in [0.2, 0.25) is 17.7 Å². The molecule has 136 valence electrons. The van der Waals surface area contributed by atoms with Crippen molar-refractivity contribution in [3.63, 3.8) is 0 Å². The molecule has 0 spiro atoms. The second-order valence-electron chi connectivity index (χ2n) is 6.14. The molecule has 1 aliphatic rings. The number of carbonyl (C=O) groups excluding carboxylic acids is 1. The smallest absolute Gasteiger partial charge is 0.406 e. The molecule has 9 heteroatoms. The van der Waals surface area contributed by atoms with Crippen molar-refractivity contribution in [1.29, 1.82) is 0 Å². The van der Waals surface area contributed by atoms with Crippen LogP contribution < -0.4 is 0 Å². The number of hydrogen-bond donors (Lipinski definition) is 0. The average molecular weight is 348 g/mol. The average Bonchev–Trinajstić information content (AvgIpc) is 2.97. The van der Waals surface area contributed by atoms with Crippen molar-refractivity contribution in [3.05, 3.63) is 11.8 Å². The standard InChI is InChI=1S/C15H23F3N4O2/c1-4-21(9-15(16,17)18)14(23)12-6-5-7-22(8-12)10(2)13-20-19-11(3)24-13/h10,12H,4-9H2,1-3H3/t10-,12+/m0/s1. The van der Waals surface area contributed by atoms with Crippen LogP contribution in [0.2, 0.25) is 0 Å². The molecule has 1 aromatic heterocycles. The number of carbonyl (C=O) groups is 1. The minimum atomic E-state index is -4.38. The molecule has 24 heavy (non-hydrogen) atoms. The molecular formula is C15H23F3N4O2. The fourth-order valence-electron chi connectivity index (χ4n) is 3.02. The van der Waals surface area contributed by atoms with Gasteiger partial charge in [-0.15, -0.1) is 10.2 Å². The van der Waals surface area contributed by atoms with E-state index in [1.807, 2.05) is 11.8 Å². The maximum atomic E-state index is 12.6. The van der Waals surface area contributed by atoms with Crippen molar-refractivity contribution < 1.29 is 22.4 Å². The summed E-state index contributed by atoms with van der Waals surface area (Å²) >= 11 is 0. The van der Waals surface area contributed by atoms with E-state index in [-0.39, 0.29) is 12.6 Å². The second kappa shape index (κ2) is 7.50. The van der Waals surface area contributed by atoms with Gasteiger partial charge in [-0.2, -0.15) is 13.2 Å². The summed E-state index contributed by atoms with van der Waals surface area (Å²) in [6.07, 6.45) is -3.04. The van der Waals surface area contributed by atoms with E-state index in [2.05, 4.69) is 10.2 Å². The summed E-state index contributed by atoms with van der Waals surface area (Å²) in [7, 11) is 0. The fraction of sp³-hybridized carbons (Fsp3) is 0.800. The number of hydrogen-bond acceptors (Lipinski definition) is 5. The van der Waals surface area contributed by atoms with Crippen LogP contribution in [-0.2, 0) is 4.79 Å². The van der Waals surface area contributed by atoms with Crippen molar-refractivity contribution in [3.8, 4) is 0 Å². The fourth-order valence-corrected chi connectivity index (χ4v) is 3.02. The van der Waals surface area contributed by atoms with Gasteiger partial charge in [0.1, 0.15) is 6.54 Å². The Morgan fingerprint density at radius 3 is 2.71 bits per heavy atom. The van der Waals surface area contributed by atoms with Gasteiger partial charge in [0, 0.05) is 20.0 Å². The van der Waals surface area contributed by atoms with Gasteiger partial charge in [-0.05, 0) is 33.2 Å². The molecule has 1 saturated heterocycles. The Hall–Kier alpha value is -1.64. The summed E-state index contributed by atoms with van der Waals surface area (Å²) in [6.45, 7) is 5.15. The lowest BCUT2D eigenvalue weighted by molar-refractivity contribution is -0.164. The molecule has 0 aliphatic carbocycles. The topological polar surface area (TPSA) is 62.5 Å². The Labute approximate surface area is 139 Å². The van der Waals surface area contributed by atoms with Crippen LogP contribution in [0.3, 0.4) is 0 Å². The molecule has 0 aromatic carbocycles. The summed E-state index contributed by atoms with van der Waals surface area (Å²) in [6, 6.07) is -0.167. The molecule has 0 N–H and O–H groups in total. The van der Waals surface area contributed by atoms with E-state index in [0.717, 1.165) is 17.9 Å². The molecule has 1 amide bonds. The van der Waals surface area contributed by atoms with Gasteiger partial charge in [-0.25, -0.2) is 0 Å². The maximum Gasteiger partial charge on any atom is 0.406 e. The first-order valence-corrected chi connectivity index (χ1v) is 8.11. The number of piperidine rings is 1. The summed E-state index contributed by atoms with van der Waals surface area (Å²) in [4.78, 5) is 15.4. The number of halogens is 3. The third-order valence-electron chi connectivity index (χ3n) is 4.31. The zero-order valence-corrected chi connectivity index (χ0v) is 14.1. The summed E-state index contributed by atoms with van der Waals surface area (Å²) in [5.41, 5.74) is 0. The predicted octanol–water partition coefficient (Wildman–Crippen LogP) is 2.56. The molecule has 2 rings (SSSR count). The van der Waals surface area contributed by atoms with Crippen LogP contribution in [0.4, 0.5) is 13.2 Å². The quantitative estimate of drug-likeness (QED) is 0.818. The highest BCUT2D eigenvalue weighted by Crippen LogP contribution is 2.28. The van der Waals surface area contributed by atoms with Gasteiger partial charge < -0.3 is 9.32 Å². The SMILES string of the molecule is CCN(CC(F)(F)F)C(=O)[C@@H]1CCCN([C@@H](C)c2nnc(C)o2)C1. The molecule has 0 saturated carbocycles. The molecule has 0 bridgehead atoms. The molecule has 0 radical (unpaired) electrons. The van der Waals surface area contributed by atoms with Gasteiger partial charge in [0.05, 0.1) is 12.0 Å². The van der Waals surface area contributed by atoms with E-state index >= 15 is 0 Å². The van der Waals surface area contributed by atoms with Gasteiger partial charge in [-0.1, -0.05) is 0 Å².